The minimum atomic E-state index is -3.64. The van der Waals surface area contributed by atoms with Gasteiger partial charge in [0.1, 0.15) is 18.1 Å². The Morgan fingerprint density at radius 2 is 1.85 bits per heavy atom. The Balaban J connectivity index is 1.42. The average molecular weight is 374 g/mol. The normalized spacial score (nSPS) is 19.5. The fourth-order valence-corrected chi connectivity index (χ4v) is 4.71. The van der Waals surface area contributed by atoms with Crippen LogP contribution in [-0.2, 0) is 10.0 Å². The first kappa shape index (κ1) is 17.2. The maximum Gasteiger partial charge on any atom is 0.244 e. The van der Waals surface area contributed by atoms with Gasteiger partial charge in [0, 0.05) is 25.3 Å². The SMILES string of the molecule is O=S(=O)(NC[C@@H]1CCN(c2ccccc2)C1)c1cccc2c1OCCO2. The summed E-state index contributed by atoms with van der Waals surface area (Å²) < 4.78 is 39.3. The van der Waals surface area contributed by atoms with E-state index in [1.807, 2.05) is 18.2 Å². The molecule has 1 saturated heterocycles. The third-order valence-corrected chi connectivity index (χ3v) is 6.24. The lowest BCUT2D eigenvalue weighted by atomic mass is 10.1. The van der Waals surface area contributed by atoms with Crippen LogP contribution in [0.15, 0.2) is 53.4 Å². The van der Waals surface area contributed by atoms with Crippen LogP contribution in [0.25, 0.3) is 0 Å². The van der Waals surface area contributed by atoms with Gasteiger partial charge in [0.2, 0.25) is 10.0 Å². The number of sulfonamides is 1. The molecule has 4 rings (SSSR count). The summed E-state index contributed by atoms with van der Waals surface area (Å²) in [5, 5.41) is 0. The Hall–Kier alpha value is -2.25. The first-order chi connectivity index (χ1) is 12.6. The zero-order valence-corrected chi connectivity index (χ0v) is 15.2. The Kier molecular flexibility index (Phi) is 4.74. The van der Waals surface area contributed by atoms with E-state index in [-0.39, 0.29) is 10.8 Å². The highest BCUT2D eigenvalue weighted by Crippen LogP contribution is 2.36. The Labute approximate surface area is 153 Å². The molecule has 1 atom stereocenters. The van der Waals surface area contributed by atoms with Gasteiger partial charge in [-0.05, 0) is 36.6 Å². The van der Waals surface area contributed by atoms with E-state index in [9.17, 15) is 8.42 Å². The first-order valence-electron chi connectivity index (χ1n) is 8.82. The maximum atomic E-state index is 12.8. The van der Waals surface area contributed by atoms with E-state index < -0.39 is 10.0 Å². The van der Waals surface area contributed by atoms with Crippen molar-refractivity contribution in [1.82, 2.24) is 4.72 Å². The lowest BCUT2D eigenvalue weighted by molar-refractivity contribution is 0.167. The number of hydrogen-bond donors (Lipinski definition) is 1. The van der Waals surface area contributed by atoms with Crippen LogP contribution in [0.4, 0.5) is 5.69 Å². The van der Waals surface area contributed by atoms with Crippen molar-refractivity contribution in [2.24, 2.45) is 5.92 Å². The molecule has 6 nitrogen and oxygen atoms in total. The predicted octanol–water partition coefficient (Wildman–Crippen LogP) is 2.26. The molecule has 0 bridgehead atoms. The van der Waals surface area contributed by atoms with Crippen molar-refractivity contribution in [2.75, 3.05) is 37.7 Å². The number of ether oxygens (including phenoxy) is 2. The molecule has 2 aliphatic rings. The fraction of sp³-hybridized carbons (Fsp3) is 0.368. The number of hydrogen-bond acceptors (Lipinski definition) is 5. The van der Waals surface area contributed by atoms with E-state index in [0.29, 0.717) is 31.3 Å². The van der Waals surface area contributed by atoms with E-state index in [1.165, 1.54) is 5.69 Å². The summed E-state index contributed by atoms with van der Waals surface area (Å²) >= 11 is 0. The minimum absolute atomic E-state index is 0.146. The zero-order valence-electron chi connectivity index (χ0n) is 14.4. The van der Waals surface area contributed by atoms with Gasteiger partial charge in [0.05, 0.1) is 0 Å². The Morgan fingerprint density at radius 3 is 2.69 bits per heavy atom. The van der Waals surface area contributed by atoms with Gasteiger partial charge in [-0.1, -0.05) is 24.3 Å². The second-order valence-corrected chi connectivity index (χ2v) is 8.30. The molecule has 2 aliphatic heterocycles. The molecule has 0 spiro atoms. The molecule has 1 N–H and O–H groups in total. The van der Waals surface area contributed by atoms with Crippen molar-refractivity contribution in [3.8, 4) is 11.5 Å². The minimum Gasteiger partial charge on any atom is -0.486 e. The predicted molar refractivity (Wildman–Crippen MR) is 99.4 cm³/mol. The summed E-state index contributed by atoms with van der Waals surface area (Å²) in [6.07, 6.45) is 0.962. The molecule has 0 amide bonds. The van der Waals surface area contributed by atoms with E-state index in [1.54, 1.807) is 18.2 Å². The fourth-order valence-electron chi connectivity index (χ4n) is 3.44. The number of nitrogens with one attached hydrogen (secondary N) is 1. The van der Waals surface area contributed by atoms with Crippen molar-refractivity contribution < 1.29 is 17.9 Å². The molecule has 2 heterocycles. The largest absolute Gasteiger partial charge is 0.486 e. The van der Waals surface area contributed by atoms with Gasteiger partial charge in [-0.3, -0.25) is 0 Å². The molecular formula is C19H22N2O4S. The molecule has 2 aromatic rings. The molecule has 138 valence electrons. The third-order valence-electron chi connectivity index (χ3n) is 4.79. The van der Waals surface area contributed by atoms with Crippen molar-refractivity contribution in [3.63, 3.8) is 0 Å². The summed E-state index contributed by atoms with van der Waals surface area (Å²) in [6, 6.07) is 15.2. The van der Waals surface area contributed by atoms with Crippen LogP contribution in [0.1, 0.15) is 6.42 Å². The molecule has 26 heavy (non-hydrogen) atoms. The number of para-hydroxylation sites is 2. The van der Waals surface area contributed by atoms with Crippen LogP contribution >= 0.6 is 0 Å². The van der Waals surface area contributed by atoms with Crippen molar-refractivity contribution in [3.05, 3.63) is 48.5 Å². The Morgan fingerprint density at radius 1 is 1.04 bits per heavy atom. The zero-order chi connectivity index (χ0) is 18.0. The molecule has 1 fully saturated rings. The highest BCUT2D eigenvalue weighted by Gasteiger charge is 2.28. The summed E-state index contributed by atoms with van der Waals surface area (Å²) in [5.41, 5.74) is 1.18. The van der Waals surface area contributed by atoms with Crippen LogP contribution in [0, 0.1) is 5.92 Å². The van der Waals surface area contributed by atoms with Gasteiger partial charge in [-0.15, -0.1) is 0 Å². The highest BCUT2D eigenvalue weighted by atomic mass is 32.2. The van der Waals surface area contributed by atoms with E-state index in [0.717, 1.165) is 19.5 Å². The topological polar surface area (TPSA) is 67.9 Å². The van der Waals surface area contributed by atoms with Gasteiger partial charge in [0.15, 0.2) is 11.5 Å². The van der Waals surface area contributed by atoms with Crippen molar-refractivity contribution >= 4 is 15.7 Å². The lowest BCUT2D eigenvalue weighted by Gasteiger charge is -2.21. The van der Waals surface area contributed by atoms with Gasteiger partial charge in [-0.2, -0.15) is 0 Å². The molecular weight excluding hydrogens is 352 g/mol. The first-order valence-corrected chi connectivity index (χ1v) is 10.3. The average Bonchev–Trinajstić information content (AvgIpc) is 3.16. The monoisotopic (exact) mass is 374 g/mol. The molecule has 0 aromatic heterocycles. The second-order valence-electron chi connectivity index (χ2n) is 6.57. The summed E-state index contributed by atoms with van der Waals surface area (Å²) in [5.74, 6) is 1.07. The number of benzene rings is 2. The van der Waals surface area contributed by atoms with E-state index in [2.05, 4.69) is 21.8 Å². The Bertz CT molecular complexity index is 870. The molecule has 0 radical (unpaired) electrons. The smallest absolute Gasteiger partial charge is 0.244 e. The van der Waals surface area contributed by atoms with Crippen LogP contribution in [0.3, 0.4) is 0 Å². The molecule has 0 saturated carbocycles. The number of nitrogens with zero attached hydrogens (tertiary/aromatic N) is 1. The summed E-state index contributed by atoms with van der Waals surface area (Å²) in [7, 11) is -3.64. The second kappa shape index (κ2) is 7.17. The van der Waals surface area contributed by atoms with Crippen LogP contribution in [0.5, 0.6) is 11.5 Å². The maximum absolute atomic E-state index is 12.8. The number of fused-ring (bicyclic) bond motifs is 1. The van der Waals surface area contributed by atoms with E-state index >= 15 is 0 Å². The van der Waals surface area contributed by atoms with Crippen LogP contribution in [-0.4, -0.2) is 41.3 Å². The van der Waals surface area contributed by atoms with Gasteiger partial charge in [0.25, 0.3) is 0 Å². The summed E-state index contributed by atoms with van der Waals surface area (Å²) in [6.45, 7) is 2.98. The number of anilines is 1. The lowest BCUT2D eigenvalue weighted by Crippen LogP contribution is -2.31. The van der Waals surface area contributed by atoms with Crippen molar-refractivity contribution in [1.29, 1.82) is 0 Å². The van der Waals surface area contributed by atoms with Crippen LogP contribution in [0.2, 0.25) is 0 Å². The van der Waals surface area contributed by atoms with Gasteiger partial charge in [-0.25, -0.2) is 13.1 Å². The summed E-state index contributed by atoms with van der Waals surface area (Å²) in [4.78, 5) is 2.44. The highest BCUT2D eigenvalue weighted by molar-refractivity contribution is 7.89. The molecule has 7 heteroatoms. The molecule has 0 aliphatic carbocycles. The molecule has 2 aromatic carbocycles. The molecule has 0 unspecified atom stereocenters. The standard InChI is InChI=1S/C19H22N2O4S/c22-26(23,18-8-4-7-17-19(18)25-12-11-24-17)20-13-15-9-10-21(14-15)16-5-2-1-3-6-16/h1-8,15,20H,9-14H2/t15-/m0/s1. The quantitative estimate of drug-likeness (QED) is 0.870. The van der Waals surface area contributed by atoms with Gasteiger partial charge >= 0.3 is 0 Å². The third kappa shape index (κ3) is 3.50. The van der Waals surface area contributed by atoms with Crippen LogP contribution < -0.4 is 19.1 Å². The van der Waals surface area contributed by atoms with Crippen molar-refractivity contribution in [2.45, 2.75) is 11.3 Å². The van der Waals surface area contributed by atoms with E-state index in [4.69, 9.17) is 9.47 Å². The van der Waals surface area contributed by atoms with Gasteiger partial charge < -0.3 is 14.4 Å². The number of rotatable bonds is 5.